The number of phenols is 1. The highest BCUT2D eigenvalue weighted by atomic mass is 79.9. The molecule has 4 rings (SSSR count). The maximum absolute atomic E-state index is 14.3. The number of carbonyl (C=O) groups excluding carboxylic acids is 1. The molecule has 0 saturated heterocycles. The maximum Gasteiger partial charge on any atom is 0.325 e. The van der Waals surface area contributed by atoms with Gasteiger partial charge in [0.05, 0.1) is 38.5 Å². The second-order valence-electron chi connectivity index (χ2n) is 9.72. The van der Waals surface area contributed by atoms with Gasteiger partial charge in [0.1, 0.15) is 23.3 Å². The molecule has 0 amide bonds. The highest BCUT2D eigenvalue weighted by Crippen LogP contribution is 2.36. The Hall–Kier alpha value is -2.49. The Labute approximate surface area is 298 Å². The molecule has 2 heterocycles. The van der Waals surface area contributed by atoms with Crippen LogP contribution in [0.15, 0.2) is 47.9 Å². The number of aromatic hydroxyl groups is 1. The SMILES string of the molecule is COC(=O)CSc1cc(/N=c2\sc(=O)n3n2CCCC3)c(F)cc1Cl.CP(=O)(O)CCC(N)C(=O)O.N#Cc1cc(Br)c(O)c(Br)c1. The summed E-state index contributed by atoms with van der Waals surface area (Å²) in [5.41, 5.74) is 5.68. The normalized spacial score (nSPS) is 14.2. The van der Waals surface area contributed by atoms with Crippen LogP contribution < -0.4 is 15.4 Å². The second kappa shape index (κ2) is 18.9. The minimum atomic E-state index is -3.10. The lowest BCUT2D eigenvalue weighted by atomic mass is 10.2. The van der Waals surface area contributed by atoms with Crippen LogP contribution in [-0.2, 0) is 32.0 Å². The summed E-state index contributed by atoms with van der Waals surface area (Å²) >= 11 is 14.4. The number of thioether (sulfide) groups is 1. The molecule has 1 aliphatic rings. The lowest BCUT2D eigenvalue weighted by Gasteiger charge is -2.15. The van der Waals surface area contributed by atoms with Crippen molar-refractivity contribution in [3.05, 3.63) is 64.1 Å². The molecule has 2 unspecified atom stereocenters. The van der Waals surface area contributed by atoms with E-state index in [1.54, 1.807) is 21.5 Å². The molecule has 47 heavy (non-hydrogen) atoms. The van der Waals surface area contributed by atoms with E-state index in [0.29, 0.717) is 37.3 Å². The van der Waals surface area contributed by atoms with Crippen molar-refractivity contribution >= 4 is 91.6 Å². The summed E-state index contributed by atoms with van der Waals surface area (Å²) in [6.45, 7) is 2.51. The fourth-order valence-electron chi connectivity index (χ4n) is 3.56. The number of carboxylic acid groups (broad SMARTS) is 1. The van der Waals surface area contributed by atoms with E-state index < -0.39 is 31.2 Å². The van der Waals surface area contributed by atoms with Crippen LogP contribution >= 0.6 is 73.9 Å². The molecule has 256 valence electrons. The quantitative estimate of drug-likeness (QED) is 0.130. The largest absolute Gasteiger partial charge is 0.506 e. The number of benzene rings is 2. The van der Waals surface area contributed by atoms with Gasteiger partial charge in [-0.25, -0.2) is 14.1 Å². The Morgan fingerprint density at radius 3 is 2.38 bits per heavy atom. The number of carboxylic acids is 1. The zero-order valence-electron chi connectivity index (χ0n) is 24.9. The van der Waals surface area contributed by atoms with Gasteiger partial charge >= 0.3 is 16.8 Å². The van der Waals surface area contributed by atoms with Crippen molar-refractivity contribution in [2.75, 3.05) is 25.7 Å². The summed E-state index contributed by atoms with van der Waals surface area (Å²) < 4.78 is 33.9. The van der Waals surface area contributed by atoms with Crippen LogP contribution in [0.3, 0.4) is 0 Å². The molecule has 0 radical (unpaired) electrons. The molecule has 1 aliphatic heterocycles. The van der Waals surface area contributed by atoms with Crippen molar-refractivity contribution in [2.45, 2.75) is 43.3 Å². The second-order valence-corrected chi connectivity index (χ2v) is 16.3. The Bertz CT molecular complexity index is 1800. The molecule has 0 spiro atoms. The van der Waals surface area contributed by atoms with Gasteiger partial charge < -0.3 is 25.6 Å². The molecule has 5 N–H and O–H groups in total. The topological polar surface area (TPSA) is 210 Å². The number of hydrogen-bond donors (Lipinski definition) is 4. The number of hydrogen-bond acceptors (Lipinski definition) is 11. The van der Waals surface area contributed by atoms with Crippen LogP contribution in [0, 0.1) is 17.1 Å². The molecule has 0 saturated carbocycles. The Morgan fingerprint density at radius 2 is 1.85 bits per heavy atom. The van der Waals surface area contributed by atoms with Crippen molar-refractivity contribution in [3.63, 3.8) is 0 Å². The number of nitrogens with zero attached hydrogens (tertiary/aromatic N) is 4. The van der Waals surface area contributed by atoms with Gasteiger partial charge in [-0.3, -0.25) is 23.6 Å². The average Bonchev–Trinajstić information content (AvgIpc) is 3.33. The fourth-order valence-corrected chi connectivity index (χ4v) is 7.49. The predicted molar refractivity (Wildman–Crippen MR) is 184 cm³/mol. The molecule has 0 aliphatic carbocycles. The van der Waals surface area contributed by atoms with Crippen LogP contribution in [0.25, 0.3) is 0 Å². The highest BCUT2D eigenvalue weighted by molar-refractivity contribution is 9.11. The predicted octanol–water partition coefficient (Wildman–Crippen LogP) is 5.27. The van der Waals surface area contributed by atoms with Gasteiger partial charge in [0.2, 0.25) is 4.80 Å². The number of halogens is 4. The number of ether oxygens (including phenoxy) is 1. The van der Waals surface area contributed by atoms with Gasteiger partial charge in [-0.2, -0.15) is 5.26 Å². The third kappa shape index (κ3) is 13.1. The van der Waals surface area contributed by atoms with E-state index in [2.05, 4.69) is 41.6 Å². The Kier molecular flexibility index (Phi) is 16.4. The van der Waals surface area contributed by atoms with Gasteiger partial charge in [-0.1, -0.05) is 11.6 Å². The van der Waals surface area contributed by atoms with Crippen LogP contribution in [-0.4, -0.2) is 68.1 Å². The van der Waals surface area contributed by atoms with Crippen molar-refractivity contribution in [3.8, 4) is 11.8 Å². The molecule has 13 nitrogen and oxygen atoms in total. The van der Waals surface area contributed by atoms with E-state index in [0.717, 1.165) is 42.0 Å². The number of fused-ring (bicyclic) bond motifs is 1. The monoisotopic (exact) mass is 859 g/mol. The molecule has 3 aromatic rings. The number of nitriles is 1. The van der Waals surface area contributed by atoms with E-state index >= 15 is 0 Å². The molecule has 1 aromatic heterocycles. The number of esters is 1. The standard InChI is InChI=1S/C15H15ClFN3O3S2.C7H3Br2NO.C5H12NO4P/c1-23-13(21)8-24-12-7-11(10(17)6-9(12)16)18-14-19-4-2-3-5-20(19)15(22)25-14;8-5-1-4(3-10)2-6(9)7(5)11;1-11(9,10)3-2-4(6)5(7)8/h6-7H,2-5,8H2,1H3;1-2,11H;4H,2-3,6H2,1H3,(H,7,8)(H,9,10)/b18-14-;;. The number of nitrogens with two attached hydrogens (primary N) is 1. The average molecular weight is 862 g/mol. The first-order valence-electron chi connectivity index (χ1n) is 13.4. The van der Waals surface area contributed by atoms with Crippen molar-refractivity contribution in [2.24, 2.45) is 10.7 Å². The van der Waals surface area contributed by atoms with Crippen LogP contribution in [0.4, 0.5) is 10.1 Å². The summed E-state index contributed by atoms with van der Waals surface area (Å²) in [5, 5.41) is 26.2. The van der Waals surface area contributed by atoms with Gasteiger partial charge in [-0.05, 0) is 86.7 Å². The van der Waals surface area contributed by atoms with Crippen LogP contribution in [0.1, 0.15) is 24.8 Å². The number of aliphatic carboxylic acids is 1. The lowest BCUT2D eigenvalue weighted by molar-refractivity contribution is -0.139. The Morgan fingerprint density at radius 1 is 1.26 bits per heavy atom. The Balaban J connectivity index is 0.000000290. The first-order valence-corrected chi connectivity index (χ1v) is 19.4. The minimum Gasteiger partial charge on any atom is -0.506 e. The fraction of sp³-hybridized carbons (Fsp3) is 0.370. The minimum absolute atomic E-state index is 0.0412. The van der Waals surface area contributed by atoms with Gasteiger partial charge in [-0.15, -0.1) is 11.8 Å². The van der Waals surface area contributed by atoms with Crippen molar-refractivity contribution in [1.29, 1.82) is 5.26 Å². The highest BCUT2D eigenvalue weighted by Gasteiger charge is 2.17. The van der Waals surface area contributed by atoms with Crippen molar-refractivity contribution in [1.82, 2.24) is 9.36 Å². The van der Waals surface area contributed by atoms with Crippen molar-refractivity contribution < 1.29 is 38.4 Å². The summed E-state index contributed by atoms with van der Waals surface area (Å²) in [7, 11) is -1.81. The molecular weight excluding hydrogens is 832 g/mol. The van der Waals surface area contributed by atoms with Gasteiger partial charge in [0.25, 0.3) is 0 Å². The smallest absolute Gasteiger partial charge is 0.325 e. The molecule has 20 heteroatoms. The third-order valence-corrected chi connectivity index (χ3v) is 10.6. The summed E-state index contributed by atoms with van der Waals surface area (Å²) in [4.78, 5) is 47.4. The first kappa shape index (κ1) is 40.7. The molecule has 0 bridgehead atoms. The molecule has 2 aromatic carbocycles. The van der Waals surface area contributed by atoms with Crippen LogP contribution in [0.2, 0.25) is 5.02 Å². The van der Waals surface area contributed by atoms with E-state index in [1.807, 2.05) is 6.07 Å². The maximum atomic E-state index is 14.3. The van der Waals surface area contributed by atoms with E-state index in [-0.39, 0.29) is 39.7 Å². The van der Waals surface area contributed by atoms with E-state index in [9.17, 15) is 28.4 Å². The summed E-state index contributed by atoms with van der Waals surface area (Å²) in [6, 6.07) is 6.69. The number of methoxy groups -OCH3 is 1. The van der Waals surface area contributed by atoms with E-state index in [1.165, 1.54) is 19.8 Å². The zero-order chi connectivity index (χ0) is 35.5. The number of carbonyl (C=O) groups is 2. The lowest BCUT2D eigenvalue weighted by Crippen LogP contribution is -2.31. The van der Waals surface area contributed by atoms with Gasteiger partial charge in [0.15, 0.2) is 7.37 Å². The molecular formula is C27H30Br2ClFN5O8PS2. The van der Waals surface area contributed by atoms with Crippen LogP contribution in [0.5, 0.6) is 5.75 Å². The summed E-state index contributed by atoms with van der Waals surface area (Å²) in [5.74, 6) is -1.95. The molecule has 2 atom stereocenters. The number of phenolic OH excluding ortho intramolecular Hbond substituents is 1. The zero-order valence-corrected chi connectivity index (χ0v) is 31.3. The first-order chi connectivity index (χ1) is 22.0. The van der Waals surface area contributed by atoms with E-state index in [4.69, 9.17) is 32.6 Å². The van der Waals surface area contributed by atoms with Gasteiger partial charge in [0, 0.05) is 30.8 Å². The third-order valence-electron chi connectivity index (χ3n) is 6.00. The summed E-state index contributed by atoms with van der Waals surface area (Å²) in [6.07, 6.45) is 1.90. The number of rotatable bonds is 8. The number of aromatic nitrogens is 2. The molecule has 0 fully saturated rings.